The molecule has 1 rings (SSSR count). The summed E-state index contributed by atoms with van der Waals surface area (Å²) in [5, 5.41) is 9.39. The monoisotopic (exact) mass is 252 g/mol. The smallest absolute Gasteiger partial charge is 0.319 e. The van der Waals surface area contributed by atoms with E-state index in [9.17, 15) is 9.90 Å². The molecule has 0 spiro atoms. The van der Waals surface area contributed by atoms with E-state index in [1.165, 1.54) is 11.8 Å². The van der Waals surface area contributed by atoms with Crippen LogP contribution >= 0.6 is 11.8 Å². The average molecular weight is 252 g/mol. The van der Waals surface area contributed by atoms with Crippen molar-refractivity contribution in [1.82, 2.24) is 0 Å². The molecule has 3 heteroatoms. The molecule has 0 aromatic heterocycles. The van der Waals surface area contributed by atoms with Crippen molar-refractivity contribution in [3.8, 4) is 0 Å². The fraction of sp³-hybridized carbons (Fsp3) is 0.500. The predicted molar refractivity (Wildman–Crippen MR) is 73.5 cm³/mol. The van der Waals surface area contributed by atoms with Crippen LogP contribution in [-0.4, -0.2) is 21.6 Å². The van der Waals surface area contributed by atoms with Gasteiger partial charge in [0.2, 0.25) is 0 Å². The highest BCUT2D eigenvalue weighted by atomic mass is 32.2. The van der Waals surface area contributed by atoms with Crippen LogP contribution < -0.4 is 0 Å². The Labute approximate surface area is 107 Å². The largest absolute Gasteiger partial charge is 0.480 e. The molecular formula is C14H20O2S. The van der Waals surface area contributed by atoms with Gasteiger partial charge in [-0.15, -0.1) is 11.8 Å². The van der Waals surface area contributed by atoms with E-state index in [-0.39, 0.29) is 0 Å². The van der Waals surface area contributed by atoms with Gasteiger partial charge in [0.15, 0.2) is 0 Å². The molecule has 0 amide bonds. The van der Waals surface area contributed by atoms with Crippen LogP contribution in [0.25, 0.3) is 0 Å². The lowest BCUT2D eigenvalue weighted by atomic mass is 10.0. The van der Waals surface area contributed by atoms with Crippen LogP contribution in [-0.2, 0) is 11.2 Å². The van der Waals surface area contributed by atoms with E-state index in [1.54, 1.807) is 0 Å². The van der Waals surface area contributed by atoms with E-state index in [2.05, 4.69) is 13.8 Å². The first kappa shape index (κ1) is 14.1. The Morgan fingerprint density at radius 3 is 2.41 bits per heavy atom. The summed E-state index contributed by atoms with van der Waals surface area (Å²) in [6, 6.07) is 9.81. The van der Waals surface area contributed by atoms with Gasteiger partial charge in [-0.05, 0) is 30.6 Å². The molecule has 1 atom stereocenters. The third-order valence-electron chi connectivity index (χ3n) is 2.57. The van der Waals surface area contributed by atoms with E-state index in [0.29, 0.717) is 12.3 Å². The summed E-state index contributed by atoms with van der Waals surface area (Å²) in [6.07, 6.45) is 0.570. The molecule has 0 heterocycles. The summed E-state index contributed by atoms with van der Waals surface area (Å²) >= 11 is 1.54. The normalized spacial score (nSPS) is 14.6. The Kier molecular flexibility index (Phi) is 5.06. The zero-order valence-corrected chi connectivity index (χ0v) is 11.5. The minimum Gasteiger partial charge on any atom is -0.480 e. The summed E-state index contributed by atoms with van der Waals surface area (Å²) in [7, 11) is 0. The van der Waals surface area contributed by atoms with Crippen molar-refractivity contribution in [1.29, 1.82) is 0 Å². The SMILES string of the molecule is CC(C)CSC(C)(Cc1ccccc1)C(=O)O. The molecule has 0 fully saturated rings. The lowest BCUT2D eigenvalue weighted by molar-refractivity contribution is -0.139. The molecule has 0 radical (unpaired) electrons. The van der Waals surface area contributed by atoms with E-state index in [1.807, 2.05) is 37.3 Å². The highest BCUT2D eigenvalue weighted by Crippen LogP contribution is 2.31. The molecule has 1 aromatic carbocycles. The first-order chi connectivity index (χ1) is 7.94. The zero-order chi connectivity index (χ0) is 12.9. The van der Waals surface area contributed by atoms with Gasteiger partial charge in [-0.25, -0.2) is 0 Å². The summed E-state index contributed by atoms with van der Waals surface area (Å²) in [4.78, 5) is 11.4. The van der Waals surface area contributed by atoms with Gasteiger partial charge in [-0.2, -0.15) is 0 Å². The predicted octanol–water partition coefficient (Wildman–Crippen LogP) is 3.46. The molecule has 0 saturated heterocycles. The van der Waals surface area contributed by atoms with E-state index in [0.717, 1.165) is 11.3 Å². The van der Waals surface area contributed by atoms with E-state index < -0.39 is 10.7 Å². The number of hydrogen-bond donors (Lipinski definition) is 1. The summed E-state index contributed by atoms with van der Waals surface area (Å²) in [5.74, 6) is 0.650. The number of carbonyl (C=O) groups is 1. The summed E-state index contributed by atoms with van der Waals surface area (Å²) < 4.78 is -0.731. The molecule has 1 unspecified atom stereocenters. The molecule has 1 N–H and O–H groups in total. The Morgan fingerprint density at radius 1 is 1.35 bits per heavy atom. The number of carboxylic acids is 1. The molecule has 0 aliphatic carbocycles. The molecule has 0 bridgehead atoms. The average Bonchev–Trinajstić information content (AvgIpc) is 2.27. The highest BCUT2D eigenvalue weighted by Gasteiger charge is 2.33. The number of hydrogen-bond acceptors (Lipinski definition) is 2. The third-order valence-corrected chi connectivity index (χ3v) is 4.36. The van der Waals surface area contributed by atoms with Crippen molar-refractivity contribution in [2.24, 2.45) is 5.92 Å². The van der Waals surface area contributed by atoms with Crippen LogP contribution in [0.15, 0.2) is 30.3 Å². The fourth-order valence-corrected chi connectivity index (χ4v) is 2.62. The second-order valence-corrected chi connectivity index (χ2v) is 6.43. The number of carboxylic acid groups (broad SMARTS) is 1. The zero-order valence-electron chi connectivity index (χ0n) is 10.6. The van der Waals surface area contributed by atoms with Gasteiger partial charge in [0.05, 0.1) is 0 Å². The number of benzene rings is 1. The first-order valence-electron chi connectivity index (χ1n) is 5.85. The highest BCUT2D eigenvalue weighted by molar-refractivity contribution is 8.01. The first-order valence-corrected chi connectivity index (χ1v) is 6.84. The third kappa shape index (κ3) is 4.43. The van der Waals surface area contributed by atoms with Crippen molar-refractivity contribution in [3.63, 3.8) is 0 Å². The van der Waals surface area contributed by atoms with Gasteiger partial charge in [-0.1, -0.05) is 44.2 Å². The van der Waals surface area contributed by atoms with E-state index in [4.69, 9.17) is 0 Å². The summed E-state index contributed by atoms with van der Waals surface area (Å²) in [6.45, 7) is 6.03. The standard InChI is InChI=1S/C14H20O2S/c1-11(2)10-17-14(3,13(15)16)9-12-7-5-4-6-8-12/h4-8,11H,9-10H2,1-3H3,(H,15,16). The second kappa shape index (κ2) is 6.10. The van der Waals surface area contributed by atoms with Crippen molar-refractivity contribution < 1.29 is 9.90 Å². The topological polar surface area (TPSA) is 37.3 Å². The lowest BCUT2D eigenvalue weighted by Gasteiger charge is -2.25. The van der Waals surface area contributed by atoms with E-state index >= 15 is 0 Å². The number of thioether (sulfide) groups is 1. The van der Waals surface area contributed by atoms with Crippen LogP contribution in [0.5, 0.6) is 0 Å². The maximum Gasteiger partial charge on any atom is 0.319 e. The lowest BCUT2D eigenvalue weighted by Crippen LogP contribution is -2.34. The molecule has 1 aromatic rings. The maximum absolute atomic E-state index is 11.4. The van der Waals surface area contributed by atoms with Gasteiger partial charge in [0.25, 0.3) is 0 Å². The molecule has 0 saturated carbocycles. The Hall–Kier alpha value is -0.960. The van der Waals surface area contributed by atoms with Crippen LogP contribution in [0.4, 0.5) is 0 Å². The molecular weight excluding hydrogens is 232 g/mol. The van der Waals surface area contributed by atoms with Crippen LogP contribution in [0.1, 0.15) is 26.3 Å². The number of rotatable bonds is 6. The van der Waals surface area contributed by atoms with Gasteiger partial charge >= 0.3 is 5.97 Å². The molecule has 2 nitrogen and oxygen atoms in total. The van der Waals surface area contributed by atoms with Crippen molar-refractivity contribution >= 4 is 17.7 Å². The quantitative estimate of drug-likeness (QED) is 0.842. The fourth-order valence-electron chi connectivity index (χ4n) is 1.52. The van der Waals surface area contributed by atoms with Crippen molar-refractivity contribution in [3.05, 3.63) is 35.9 Å². The van der Waals surface area contributed by atoms with Gasteiger partial charge in [-0.3, -0.25) is 4.79 Å². The maximum atomic E-state index is 11.4. The van der Waals surface area contributed by atoms with Crippen molar-refractivity contribution in [2.45, 2.75) is 31.9 Å². The Balaban J connectivity index is 2.75. The second-order valence-electron chi connectivity index (χ2n) is 4.90. The van der Waals surface area contributed by atoms with Gasteiger partial charge < -0.3 is 5.11 Å². The number of aliphatic carboxylic acids is 1. The minimum absolute atomic E-state index is 0.509. The summed E-state index contributed by atoms with van der Waals surface area (Å²) in [5.41, 5.74) is 1.08. The van der Waals surface area contributed by atoms with Crippen LogP contribution in [0.2, 0.25) is 0 Å². The minimum atomic E-state index is -0.731. The molecule has 17 heavy (non-hydrogen) atoms. The van der Waals surface area contributed by atoms with Gasteiger partial charge in [0.1, 0.15) is 4.75 Å². The van der Waals surface area contributed by atoms with Crippen LogP contribution in [0.3, 0.4) is 0 Å². The van der Waals surface area contributed by atoms with Crippen LogP contribution in [0, 0.1) is 5.92 Å². The van der Waals surface area contributed by atoms with Crippen molar-refractivity contribution in [2.75, 3.05) is 5.75 Å². The molecule has 0 aliphatic rings. The Morgan fingerprint density at radius 2 is 1.94 bits per heavy atom. The molecule has 0 aliphatic heterocycles. The Bertz CT molecular complexity index is 362. The van der Waals surface area contributed by atoms with Gasteiger partial charge in [0, 0.05) is 0 Å². The molecule has 94 valence electrons.